The van der Waals surface area contributed by atoms with Crippen LogP contribution in [-0.2, 0) is 12.8 Å². The highest BCUT2D eigenvalue weighted by Crippen LogP contribution is 2.30. The fourth-order valence-electron chi connectivity index (χ4n) is 4.80. The smallest absolute Gasteiger partial charge is 0.270 e. The zero-order valence-electron chi connectivity index (χ0n) is 19.3. The summed E-state index contributed by atoms with van der Waals surface area (Å²) >= 11 is 0. The third-order valence-electron chi connectivity index (χ3n) is 6.64. The molecule has 1 amide bonds. The highest BCUT2D eigenvalue weighted by molar-refractivity contribution is 5.94. The molecule has 2 aromatic rings. The number of nitrogens with zero attached hydrogens (tertiary/aromatic N) is 4. The van der Waals surface area contributed by atoms with Crippen LogP contribution >= 0.6 is 0 Å². The summed E-state index contributed by atoms with van der Waals surface area (Å²) in [5.41, 5.74) is 2.72. The molecule has 0 unspecified atom stereocenters. The fourth-order valence-corrected chi connectivity index (χ4v) is 4.80. The van der Waals surface area contributed by atoms with E-state index in [1.807, 2.05) is 14.1 Å². The average molecular weight is 453 g/mol. The Morgan fingerprint density at radius 3 is 2.64 bits per heavy atom. The number of aromatic nitrogens is 2. The topological polar surface area (TPSA) is 113 Å². The number of benzene rings is 1. The molecule has 2 N–H and O–H groups in total. The standard InChI is InChI=1S/C24H32N6O3/c1-29(2)22-20-8-3-4-9-21(20)27-24(28-22)26-18-12-10-16(11-13-18)15-25-23(31)17-6-5-7-19(14-17)30(32)33/h5-7,14,16,18H,3-4,8-13,15H2,1-2H3,(H,25,31)(H,26,27,28)/t16-,18+. The van der Waals surface area contributed by atoms with Crippen LogP contribution in [0.2, 0.25) is 0 Å². The minimum absolute atomic E-state index is 0.0731. The Bertz CT molecular complexity index is 1020. The molecule has 9 nitrogen and oxygen atoms in total. The van der Waals surface area contributed by atoms with Gasteiger partial charge in [-0.05, 0) is 63.4 Å². The van der Waals surface area contributed by atoms with E-state index in [9.17, 15) is 14.9 Å². The molecule has 2 aliphatic rings. The Hall–Kier alpha value is -3.23. The van der Waals surface area contributed by atoms with Gasteiger partial charge in [0.2, 0.25) is 5.95 Å². The van der Waals surface area contributed by atoms with E-state index in [2.05, 4.69) is 15.5 Å². The number of carbonyl (C=O) groups is 1. The zero-order chi connectivity index (χ0) is 23.4. The molecule has 1 aromatic heterocycles. The Morgan fingerprint density at radius 1 is 1.15 bits per heavy atom. The lowest BCUT2D eigenvalue weighted by Gasteiger charge is -2.30. The van der Waals surface area contributed by atoms with Gasteiger partial charge in [0, 0.05) is 49.9 Å². The lowest BCUT2D eigenvalue weighted by Crippen LogP contribution is -2.34. The maximum Gasteiger partial charge on any atom is 0.270 e. The number of amides is 1. The molecule has 2 aliphatic carbocycles. The van der Waals surface area contributed by atoms with E-state index in [4.69, 9.17) is 9.97 Å². The number of rotatable bonds is 7. The van der Waals surface area contributed by atoms with Crippen molar-refractivity contribution in [2.75, 3.05) is 30.9 Å². The summed E-state index contributed by atoms with van der Waals surface area (Å²) < 4.78 is 0. The van der Waals surface area contributed by atoms with Gasteiger partial charge in [-0.15, -0.1) is 0 Å². The molecule has 0 radical (unpaired) electrons. The first-order valence-corrected chi connectivity index (χ1v) is 11.8. The number of anilines is 2. The van der Waals surface area contributed by atoms with Crippen LogP contribution < -0.4 is 15.5 Å². The number of non-ortho nitro benzene ring substituents is 1. The van der Waals surface area contributed by atoms with Gasteiger partial charge in [-0.25, -0.2) is 4.98 Å². The lowest BCUT2D eigenvalue weighted by molar-refractivity contribution is -0.384. The molecule has 1 fully saturated rings. The molecule has 1 saturated carbocycles. The lowest BCUT2D eigenvalue weighted by atomic mass is 9.86. The molecule has 0 saturated heterocycles. The predicted octanol–water partition coefficient (Wildman–Crippen LogP) is 3.73. The molecule has 0 aliphatic heterocycles. The van der Waals surface area contributed by atoms with Gasteiger partial charge >= 0.3 is 0 Å². The maximum atomic E-state index is 12.4. The van der Waals surface area contributed by atoms with E-state index < -0.39 is 4.92 Å². The number of hydrogen-bond donors (Lipinski definition) is 2. The van der Waals surface area contributed by atoms with Crippen molar-refractivity contribution in [3.05, 3.63) is 51.2 Å². The van der Waals surface area contributed by atoms with Crippen molar-refractivity contribution < 1.29 is 9.72 Å². The van der Waals surface area contributed by atoms with E-state index in [-0.39, 0.29) is 11.6 Å². The van der Waals surface area contributed by atoms with E-state index in [1.54, 1.807) is 6.07 Å². The van der Waals surface area contributed by atoms with E-state index in [0.717, 1.165) is 50.3 Å². The first kappa shape index (κ1) is 22.9. The third-order valence-corrected chi connectivity index (χ3v) is 6.64. The Morgan fingerprint density at radius 2 is 1.91 bits per heavy atom. The molecular weight excluding hydrogens is 420 g/mol. The van der Waals surface area contributed by atoms with Crippen LogP contribution in [0.1, 0.15) is 60.1 Å². The number of carbonyl (C=O) groups excluding carboxylic acids is 1. The van der Waals surface area contributed by atoms with E-state index in [0.29, 0.717) is 24.1 Å². The summed E-state index contributed by atoms with van der Waals surface area (Å²) in [5.74, 6) is 1.88. The number of nitro groups is 1. The predicted molar refractivity (Wildman–Crippen MR) is 128 cm³/mol. The van der Waals surface area contributed by atoms with Crippen molar-refractivity contribution in [2.45, 2.75) is 57.4 Å². The number of aryl methyl sites for hydroxylation is 1. The molecule has 0 bridgehead atoms. The second kappa shape index (κ2) is 10.1. The van der Waals surface area contributed by atoms with Crippen LogP contribution in [-0.4, -0.2) is 47.5 Å². The van der Waals surface area contributed by atoms with Crippen LogP contribution in [0.4, 0.5) is 17.5 Å². The van der Waals surface area contributed by atoms with Gasteiger partial charge in [-0.3, -0.25) is 14.9 Å². The molecule has 0 spiro atoms. The molecule has 176 valence electrons. The summed E-state index contributed by atoms with van der Waals surface area (Å²) in [6.07, 6.45) is 8.44. The monoisotopic (exact) mass is 452 g/mol. The van der Waals surface area contributed by atoms with Crippen molar-refractivity contribution in [3.63, 3.8) is 0 Å². The largest absolute Gasteiger partial charge is 0.362 e. The molecule has 1 heterocycles. The number of nitro benzene ring substituents is 1. The van der Waals surface area contributed by atoms with Crippen LogP contribution in [0.5, 0.6) is 0 Å². The summed E-state index contributed by atoms with van der Waals surface area (Å²) in [5, 5.41) is 17.4. The molecule has 9 heteroatoms. The van der Waals surface area contributed by atoms with Crippen molar-refractivity contribution in [1.29, 1.82) is 0 Å². The van der Waals surface area contributed by atoms with Gasteiger partial charge in [0.15, 0.2) is 0 Å². The fraction of sp³-hybridized carbons (Fsp3) is 0.542. The minimum Gasteiger partial charge on any atom is -0.362 e. The third kappa shape index (κ3) is 5.58. The first-order valence-electron chi connectivity index (χ1n) is 11.8. The summed E-state index contributed by atoms with van der Waals surface area (Å²) in [6, 6.07) is 6.17. The van der Waals surface area contributed by atoms with Gasteiger partial charge in [-0.1, -0.05) is 6.07 Å². The molecule has 33 heavy (non-hydrogen) atoms. The first-order chi connectivity index (χ1) is 15.9. The van der Waals surface area contributed by atoms with Gasteiger partial charge < -0.3 is 15.5 Å². The summed E-state index contributed by atoms with van der Waals surface area (Å²) in [6.45, 7) is 0.578. The van der Waals surface area contributed by atoms with Gasteiger partial charge in [0.25, 0.3) is 11.6 Å². The highest BCUT2D eigenvalue weighted by atomic mass is 16.6. The summed E-state index contributed by atoms with van der Waals surface area (Å²) in [7, 11) is 4.07. The number of fused-ring (bicyclic) bond motifs is 1. The molecule has 1 aromatic carbocycles. The van der Waals surface area contributed by atoms with Crippen molar-refractivity contribution in [2.24, 2.45) is 5.92 Å². The van der Waals surface area contributed by atoms with Crippen molar-refractivity contribution in [3.8, 4) is 0 Å². The number of nitrogens with one attached hydrogen (secondary N) is 2. The summed E-state index contributed by atoms with van der Waals surface area (Å²) in [4.78, 5) is 34.6. The van der Waals surface area contributed by atoms with E-state index in [1.165, 1.54) is 42.3 Å². The molecular formula is C24H32N6O3. The van der Waals surface area contributed by atoms with Crippen LogP contribution in [0.15, 0.2) is 24.3 Å². The maximum absolute atomic E-state index is 12.4. The minimum atomic E-state index is -0.487. The zero-order valence-corrected chi connectivity index (χ0v) is 19.3. The highest BCUT2D eigenvalue weighted by Gasteiger charge is 2.24. The second-order valence-corrected chi connectivity index (χ2v) is 9.28. The Labute approximate surface area is 194 Å². The SMILES string of the molecule is CN(C)c1nc(N[C@H]2CC[C@@H](CNC(=O)c3cccc([N+](=O)[O-])c3)CC2)nc2c1CCCC2. The normalized spacial score (nSPS) is 19.9. The van der Waals surface area contributed by atoms with Gasteiger partial charge in [0.05, 0.1) is 10.6 Å². The second-order valence-electron chi connectivity index (χ2n) is 9.28. The van der Waals surface area contributed by atoms with Crippen LogP contribution in [0.25, 0.3) is 0 Å². The van der Waals surface area contributed by atoms with Gasteiger partial charge in [-0.2, -0.15) is 4.98 Å². The Balaban J connectivity index is 1.29. The Kier molecular flexibility index (Phi) is 7.05. The quantitative estimate of drug-likeness (QED) is 0.486. The van der Waals surface area contributed by atoms with Crippen molar-refractivity contribution >= 4 is 23.4 Å². The molecule has 0 atom stereocenters. The number of hydrogen-bond acceptors (Lipinski definition) is 7. The average Bonchev–Trinajstić information content (AvgIpc) is 2.83. The van der Waals surface area contributed by atoms with E-state index >= 15 is 0 Å². The molecule has 4 rings (SSSR count). The van der Waals surface area contributed by atoms with Crippen LogP contribution in [0, 0.1) is 16.0 Å². The van der Waals surface area contributed by atoms with Gasteiger partial charge in [0.1, 0.15) is 5.82 Å². The van der Waals surface area contributed by atoms with Crippen molar-refractivity contribution in [1.82, 2.24) is 15.3 Å². The van der Waals surface area contributed by atoms with Crippen LogP contribution in [0.3, 0.4) is 0 Å².